The molecule has 21 heavy (non-hydrogen) atoms. The summed E-state index contributed by atoms with van der Waals surface area (Å²) in [6.07, 6.45) is 0.801. The van der Waals surface area contributed by atoms with E-state index >= 15 is 0 Å². The van der Waals surface area contributed by atoms with Gasteiger partial charge in [-0.15, -0.1) is 11.8 Å². The first-order valence-electron chi connectivity index (χ1n) is 7.04. The van der Waals surface area contributed by atoms with E-state index in [1.54, 1.807) is 24.3 Å². The van der Waals surface area contributed by atoms with Gasteiger partial charge < -0.3 is 5.32 Å². The average molecular weight is 307 g/mol. The maximum atomic E-state index is 13.6. The molecule has 1 atom stereocenters. The summed E-state index contributed by atoms with van der Waals surface area (Å²) in [5.41, 5.74) is 1.08. The molecule has 0 saturated heterocycles. The van der Waals surface area contributed by atoms with Crippen molar-refractivity contribution in [1.82, 2.24) is 5.32 Å². The number of nitrogens with one attached hydrogen (secondary N) is 1. The third-order valence-corrected chi connectivity index (χ3v) is 4.38. The topological polar surface area (TPSA) is 12.0 Å². The summed E-state index contributed by atoms with van der Waals surface area (Å²) >= 11 is 1.51. The fourth-order valence-electron chi connectivity index (χ4n) is 2.14. The van der Waals surface area contributed by atoms with Crippen molar-refractivity contribution in [3.05, 3.63) is 65.7 Å². The summed E-state index contributed by atoms with van der Waals surface area (Å²) in [6, 6.07) is 13.6. The van der Waals surface area contributed by atoms with Gasteiger partial charge in [0.25, 0.3) is 0 Å². The molecule has 2 aromatic carbocycles. The molecule has 0 aliphatic heterocycles. The fraction of sp³-hybridized carbons (Fsp3) is 0.294. The first kappa shape index (κ1) is 16.0. The third kappa shape index (κ3) is 5.14. The normalized spacial score (nSPS) is 12.3. The van der Waals surface area contributed by atoms with Gasteiger partial charge in [-0.25, -0.2) is 8.78 Å². The minimum absolute atomic E-state index is 0.181. The molecule has 0 bridgehead atoms. The maximum absolute atomic E-state index is 13.6. The smallest absolute Gasteiger partial charge is 0.136 e. The van der Waals surface area contributed by atoms with Crippen LogP contribution in [0, 0.1) is 11.6 Å². The SMILES string of the molecule is CCNC(CSc1ccccc1F)Cc1ccc(F)cc1. The van der Waals surface area contributed by atoms with Crippen LogP contribution in [0.15, 0.2) is 53.4 Å². The summed E-state index contributed by atoms with van der Waals surface area (Å²) in [6.45, 7) is 2.90. The van der Waals surface area contributed by atoms with Crippen LogP contribution in [0.1, 0.15) is 12.5 Å². The Balaban J connectivity index is 1.95. The van der Waals surface area contributed by atoms with E-state index in [4.69, 9.17) is 0 Å². The van der Waals surface area contributed by atoms with Crippen molar-refractivity contribution in [1.29, 1.82) is 0 Å². The second-order valence-corrected chi connectivity index (χ2v) is 5.89. The largest absolute Gasteiger partial charge is 0.313 e. The minimum Gasteiger partial charge on any atom is -0.313 e. The second kappa shape index (κ2) is 8.15. The van der Waals surface area contributed by atoms with Crippen molar-refractivity contribution in [3.63, 3.8) is 0 Å². The van der Waals surface area contributed by atoms with Crippen LogP contribution >= 0.6 is 11.8 Å². The van der Waals surface area contributed by atoms with Gasteiger partial charge in [0, 0.05) is 16.7 Å². The molecule has 0 aromatic heterocycles. The quantitative estimate of drug-likeness (QED) is 0.766. The monoisotopic (exact) mass is 307 g/mol. The van der Waals surface area contributed by atoms with Crippen molar-refractivity contribution in [2.45, 2.75) is 24.3 Å². The number of benzene rings is 2. The van der Waals surface area contributed by atoms with Crippen molar-refractivity contribution in [2.75, 3.05) is 12.3 Å². The minimum atomic E-state index is -0.223. The van der Waals surface area contributed by atoms with E-state index in [2.05, 4.69) is 5.32 Å². The van der Waals surface area contributed by atoms with Gasteiger partial charge in [0.1, 0.15) is 11.6 Å². The van der Waals surface area contributed by atoms with Crippen LogP contribution in [0.5, 0.6) is 0 Å². The van der Waals surface area contributed by atoms with Crippen LogP contribution in [0.3, 0.4) is 0 Å². The average Bonchev–Trinajstić information content (AvgIpc) is 2.49. The lowest BCUT2D eigenvalue weighted by molar-refractivity contribution is 0.569. The zero-order valence-corrected chi connectivity index (χ0v) is 12.8. The van der Waals surface area contributed by atoms with Crippen molar-refractivity contribution < 1.29 is 8.78 Å². The first-order chi connectivity index (χ1) is 10.2. The molecule has 2 rings (SSSR count). The van der Waals surface area contributed by atoms with Crippen molar-refractivity contribution in [2.24, 2.45) is 0 Å². The summed E-state index contributed by atoms with van der Waals surface area (Å²) in [5.74, 6) is 0.366. The number of rotatable bonds is 7. The highest BCUT2D eigenvalue weighted by molar-refractivity contribution is 7.99. The Morgan fingerprint density at radius 1 is 1.05 bits per heavy atom. The Kier molecular flexibility index (Phi) is 6.21. The van der Waals surface area contributed by atoms with Gasteiger partial charge in [-0.05, 0) is 42.8 Å². The van der Waals surface area contributed by atoms with Gasteiger partial charge in [-0.2, -0.15) is 0 Å². The molecule has 0 amide bonds. The van der Waals surface area contributed by atoms with Gasteiger partial charge >= 0.3 is 0 Å². The van der Waals surface area contributed by atoms with E-state index in [-0.39, 0.29) is 17.7 Å². The molecule has 0 fully saturated rings. The summed E-state index contributed by atoms with van der Waals surface area (Å²) < 4.78 is 26.5. The molecule has 0 heterocycles. The van der Waals surface area contributed by atoms with Gasteiger partial charge in [0.2, 0.25) is 0 Å². The van der Waals surface area contributed by atoms with E-state index in [1.807, 2.05) is 13.0 Å². The molecule has 1 N–H and O–H groups in total. The second-order valence-electron chi connectivity index (χ2n) is 4.83. The number of hydrogen-bond acceptors (Lipinski definition) is 2. The molecule has 112 valence electrons. The van der Waals surface area contributed by atoms with E-state index in [0.717, 1.165) is 24.3 Å². The van der Waals surface area contributed by atoms with Gasteiger partial charge in [-0.3, -0.25) is 0 Å². The Bertz CT molecular complexity index is 557. The number of likely N-dealkylation sites (N-methyl/N-ethyl adjacent to an activating group) is 1. The van der Waals surface area contributed by atoms with Crippen LogP contribution in [0.25, 0.3) is 0 Å². The van der Waals surface area contributed by atoms with Crippen LogP contribution in [-0.4, -0.2) is 18.3 Å². The highest BCUT2D eigenvalue weighted by atomic mass is 32.2. The maximum Gasteiger partial charge on any atom is 0.136 e. The zero-order chi connectivity index (χ0) is 15.1. The van der Waals surface area contributed by atoms with Crippen LogP contribution in [0.4, 0.5) is 8.78 Å². The predicted octanol–water partition coefficient (Wildman–Crippen LogP) is 4.28. The lowest BCUT2D eigenvalue weighted by Gasteiger charge is -2.18. The molecule has 0 radical (unpaired) electrons. The van der Waals surface area contributed by atoms with Crippen LogP contribution in [0.2, 0.25) is 0 Å². The molecule has 0 saturated carbocycles. The molecular formula is C17H19F2NS. The molecule has 0 aliphatic carbocycles. The van der Waals surface area contributed by atoms with Crippen LogP contribution in [-0.2, 0) is 6.42 Å². The lowest BCUT2D eigenvalue weighted by atomic mass is 10.1. The molecule has 2 aromatic rings. The Morgan fingerprint density at radius 2 is 1.76 bits per heavy atom. The Labute approximate surface area is 128 Å². The van der Waals surface area contributed by atoms with E-state index in [9.17, 15) is 8.78 Å². The highest BCUT2D eigenvalue weighted by Crippen LogP contribution is 2.22. The van der Waals surface area contributed by atoms with Crippen molar-refractivity contribution in [3.8, 4) is 0 Å². The molecule has 0 aliphatic rings. The molecule has 4 heteroatoms. The standard InChI is InChI=1S/C17H19F2NS/c1-2-20-15(11-13-7-9-14(18)10-8-13)12-21-17-6-4-3-5-16(17)19/h3-10,15,20H,2,11-12H2,1H3. The molecule has 0 spiro atoms. The predicted molar refractivity (Wildman–Crippen MR) is 84.7 cm³/mol. The van der Waals surface area contributed by atoms with E-state index < -0.39 is 0 Å². The zero-order valence-electron chi connectivity index (χ0n) is 12.0. The summed E-state index contributed by atoms with van der Waals surface area (Å²) in [4.78, 5) is 0.666. The van der Waals surface area contributed by atoms with Crippen molar-refractivity contribution >= 4 is 11.8 Å². The van der Waals surface area contributed by atoms with Gasteiger partial charge in [0.05, 0.1) is 0 Å². The number of thioether (sulfide) groups is 1. The van der Waals surface area contributed by atoms with Gasteiger partial charge in [0.15, 0.2) is 0 Å². The Hall–Kier alpha value is -1.39. The highest BCUT2D eigenvalue weighted by Gasteiger charge is 2.11. The molecule has 1 unspecified atom stereocenters. The van der Waals surface area contributed by atoms with Crippen LogP contribution < -0.4 is 5.32 Å². The fourth-order valence-corrected chi connectivity index (χ4v) is 3.13. The molecule has 1 nitrogen and oxygen atoms in total. The number of halogens is 2. The third-order valence-electron chi connectivity index (χ3n) is 3.16. The molecular weight excluding hydrogens is 288 g/mol. The Morgan fingerprint density at radius 3 is 2.43 bits per heavy atom. The van der Waals surface area contributed by atoms with E-state index in [1.165, 1.54) is 30.0 Å². The summed E-state index contributed by atoms with van der Waals surface area (Å²) in [5, 5.41) is 3.40. The van der Waals surface area contributed by atoms with Gasteiger partial charge in [-0.1, -0.05) is 31.2 Å². The summed E-state index contributed by atoms with van der Waals surface area (Å²) in [7, 11) is 0. The number of hydrogen-bond donors (Lipinski definition) is 1. The first-order valence-corrected chi connectivity index (χ1v) is 8.02. The van der Waals surface area contributed by atoms with E-state index in [0.29, 0.717) is 4.90 Å². The lowest BCUT2D eigenvalue weighted by Crippen LogP contribution is -2.33.